The van der Waals surface area contributed by atoms with E-state index in [0.29, 0.717) is 6.61 Å². The zero-order valence-corrected chi connectivity index (χ0v) is 31.7. The maximum atomic E-state index is 6.53. The van der Waals surface area contributed by atoms with Gasteiger partial charge in [-0.3, -0.25) is 9.80 Å². The molecule has 0 aliphatic carbocycles. The van der Waals surface area contributed by atoms with Gasteiger partial charge in [0.1, 0.15) is 0 Å². The predicted octanol–water partition coefficient (Wildman–Crippen LogP) is -0.130. The Morgan fingerprint density at radius 1 is 0.571 bits per heavy atom. The van der Waals surface area contributed by atoms with Crippen molar-refractivity contribution >= 4 is 47.0 Å². The molecule has 3 saturated heterocycles. The van der Waals surface area contributed by atoms with E-state index >= 15 is 0 Å². The van der Waals surface area contributed by atoms with Crippen molar-refractivity contribution in [3.05, 3.63) is 60.2 Å². The van der Waals surface area contributed by atoms with Crippen molar-refractivity contribution in [1.82, 2.24) is 9.80 Å². The molecule has 2 bridgehead atoms. The molecule has 1 atom stereocenters. The standard InChI is InChI=1S/C31H46N2O2S4.2ClH.Eu/c1-2-4-29(5-3-1)30-8-6-28(7-9-30)26-31-27-34-16-10-32-12-18-36-22-24-38-20-14-33(11-17-35-31)15-21-39-25-23-37-19-13-32;;;/h1-9,31H,10-27H2;2*1H;/q;;;+2/p-2. The van der Waals surface area contributed by atoms with Crippen LogP contribution in [0.2, 0.25) is 0 Å². The Morgan fingerprint density at radius 3 is 1.57 bits per heavy atom. The Bertz CT molecular complexity index is 888. The molecule has 2 aromatic rings. The van der Waals surface area contributed by atoms with Gasteiger partial charge in [-0.2, -0.15) is 47.0 Å². The molecular formula is C31H46Cl2EuN2O2S4. The van der Waals surface area contributed by atoms with E-state index in [4.69, 9.17) is 9.47 Å². The van der Waals surface area contributed by atoms with Gasteiger partial charge in [0.2, 0.25) is 0 Å². The Kier molecular flexibility index (Phi) is 26.8. The summed E-state index contributed by atoms with van der Waals surface area (Å²) in [6.07, 6.45) is 0.966. The van der Waals surface area contributed by atoms with Crippen LogP contribution in [-0.2, 0) is 15.9 Å². The number of nitrogens with zero attached hydrogens (tertiary/aromatic N) is 2. The SMILES string of the molecule is [Cl-].[Cl-].[Eu+2].c1ccc(-c2ccc(CC3COCCN4CCSCCSCCN(CCO3)CCSCCSCC4)cc2)cc1. The Balaban J connectivity index is 0.00000294. The van der Waals surface area contributed by atoms with Gasteiger partial charge in [0.25, 0.3) is 0 Å². The van der Waals surface area contributed by atoms with Gasteiger partial charge in [-0.05, 0) is 16.7 Å². The van der Waals surface area contributed by atoms with Gasteiger partial charge in [0, 0.05) is 91.7 Å². The Labute approximate surface area is 325 Å². The zero-order valence-electron chi connectivity index (χ0n) is 24.5. The summed E-state index contributed by atoms with van der Waals surface area (Å²) in [5.41, 5.74) is 3.84. The molecule has 11 heteroatoms. The van der Waals surface area contributed by atoms with Gasteiger partial charge in [0.15, 0.2) is 0 Å². The molecule has 3 aliphatic rings. The molecule has 0 saturated carbocycles. The van der Waals surface area contributed by atoms with Crippen LogP contribution in [0.5, 0.6) is 0 Å². The summed E-state index contributed by atoms with van der Waals surface area (Å²) >= 11 is 8.46. The summed E-state index contributed by atoms with van der Waals surface area (Å²) in [4.78, 5) is 5.24. The van der Waals surface area contributed by atoms with Crippen LogP contribution in [0.3, 0.4) is 0 Å². The summed E-state index contributed by atoms with van der Waals surface area (Å²) in [7, 11) is 0. The van der Waals surface area contributed by atoms with Crippen LogP contribution in [0, 0.1) is 49.4 Å². The first-order valence-corrected chi connectivity index (χ1v) is 19.1. The summed E-state index contributed by atoms with van der Waals surface area (Å²) in [5.74, 6) is 9.91. The molecular weight excluding hydrogens is 783 g/mol. The van der Waals surface area contributed by atoms with E-state index in [1.54, 1.807) is 0 Å². The van der Waals surface area contributed by atoms with Gasteiger partial charge in [-0.15, -0.1) is 0 Å². The third-order valence-corrected chi connectivity index (χ3v) is 11.5. The molecule has 4 nitrogen and oxygen atoms in total. The van der Waals surface area contributed by atoms with Crippen molar-refractivity contribution in [3.8, 4) is 11.1 Å². The fourth-order valence-corrected chi connectivity index (χ4v) is 8.99. The molecule has 5 rings (SSSR count). The molecule has 0 N–H and O–H groups in total. The van der Waals surface area contributed by atoms with Crippen molar-refractivity contribution in [2.45, 2.75) is 12.5 Å². The van der Waals surface area contributed by atoms with Crippen LogP contribution in [0.25, 0.3) is 11.1 Å². The van der Waals surface area contributed by atoms with Crippen molar-refractivity contribution < 1.29 is 83.7 Å². The first-order valence-electron chi connectivity index (χ1n) is 14.5. The number of benzene rings is 2. The number of hydrogen-bond donors (Lipinski definition) is 0. The molecule has 1 unspecified atom stereocenters. The molecule has 3 aliphatic heterocycles. The molecule has 3 heterocycles. The quantitative estimate of drug-likeness (QED) is 0.423. The molecule has 3 fully saturated rings. The minimum Gasteiger partial charge on any atom is -1.00 e. The van der Waals surface area contributed by atoms with E-state index in [0.717, 1.165) is 58.9 Å². The molecule has 1 radical (unpaired) electrons. The maximum Gasteiger partial charge on any atom is 2.00 e. The number of rotatable bonds is 3. The smallest absolute Gasteiger partial charge is 1.00 e. The average Bonchev–Trinajstić information content (AvgIpc) is 2.97. The molecule has 0 aromatic heterocycles. The van der Waals surface area contributed by atoms with Crippen molar-refractivity contribution in [2.75, 3.05) is 105 Å². The second-order valence-electron chi connectivity index (χ2n) is 9.97. The van der Waals surface area contributed by atoms with E-state index in [1.807, 2.05) is 0 Å². The fraction of sp³-hybridized carbons (Fsp3) is 0.613. The van der Waals surface area contributed by atoms with Gasteiger partial charge < -0.3 is 34.3 Å². The van der Waals surface area contributed by atoms with Gasteiger partial charge in [-0.1, -0.05) is 54.6 Å². The topological polar surface area (TPSA) is 24.9 Å². The third-order valence-electron chi connectivity index (χ3n) is 7.09. The molecule has 2 aromatic carbocycles. The van der Waals surface area contributed by atoms with E-state index in [2.05, 4.69) is 111 Å². The number of ether oxygens (including phenoxy) is 2. The second kappa shape index (κ2) is 26.9. The summed E-state index contributed by atoms with van der Waals surface area (Å²) in [6, 6.07) is 19.6. The second-order valence-corrected chi connectivity index (χ2v) is 14.9. The molecule has 0 amide bonds. The van der Waals surface area contributed by atoms with Gasteiger partial charge >= 0.3 is 49.4 Å². The van der Waals surface area contributed by atoms with Crippen LogP contribution < -0.4 is 24.8 Å². The predicted molar refractivity (Wildman–Crippen MR) is 178 cm³/mol. The minimum atomic E-state index is 0. The summed E-state index contributed by atoms with van der Waals surface area (Å²) < 4.78 is 12.8. The third kappa shape index (κ3) is 17.7. The van der Waals surface area contributed by atoms with Crippen molar-refractivity contribution in [2.24, 2.45) is 0 Å². The average molecular weight is 830 g/mol. The zero-order chi connectivity index (χ0) is 26.8. The fourth-order valence-electron chi connectivity index (χ4n) is 4.74. The van der Waals surface area contributed by atoms with Crippen LogP contribution in [0.1, 0.15) is 5.56 Å². The van der Waals surface area contributed by atoms with E-state index in [9.17, 15) is 0 Å². The first kappa shape index (κ1) is 41.9. The number of fused-ring (bicyclic) bond motifs is 21. The van der Waals surface area contributed by atoms with E-state index in [1.165, 1.54) is 62.7 Å². The van der Waals surface area contributed by atoms with Crippen molar-refractivity contribution in [3.63, 3.8) is 0 Å². The molecule has 237 valence electrons. The minimum absolute atomic E-state index is 0. The summed E-state index contributed by atoms with van der Waals surface area (Å²) in [6.45, 7) is 8.85. The Morgan fingerprint density at radius 2 is 1.05 bits per heavy atom. The molecule has 42 heavy (non-hydrogen) atoms. The van der Waals surface area contributed by atoms with Gasteiger partial charge in [0.05, 0.1) is 25.9 Å². The Hall–Kier alpha value is 1.84. The van der Waals surface area contributed by atoms with Crippen LogP contribution in [0.15, 0.2) is 54.6 Å². The normalized spacial score (nSPS) is 24.1. The monoisotopic (exact) mass is 829 g/mol. The van der Waals surface area contributed by atoms with Crippen LogP contribution >= 0.6 is 47.0 Å². The van der Waals surface area contributed by atoms with Gasteiger partial charge in [-0.25, -0.2) is 0 Å². The number of hydrogen-bond acceptors (Lipinski definition) is 8. The van der Waals surface area contributed by atoms with E-state index < -0.39 is 0 Å². The molecule has 0 spiro atoms. The maximum absolute atomic E-state index is 6.53. The van der Waals surface area contributed by atoms with E-state index in [-0.39, 0.29) is 80.3 Å². The first-order chi connectivity index (χ1) is 19.4. The number of thioether (sulfide) groups is 4. The largest absolute Gasteiger partial charge is 2.00 e. The van der Waals surface area contributed by atoms with Crippen LogP contribution in [-0.4, -0.2) is 121 Å². The number of halogens is 2. The summed E-state index contributed by atoms with van der Waals surface area (Å²) in [5, 5.41) is 0. The van der Waals surface area contributed by atoms with Crippen LogP contribution in [0.4, 0.5) is 0 Å². The van der Waals surface area contributed by atoms with Crippen molar-refractivity contribution in [1.29, 1.82) is 0 Å².